The van der Waals surface area contributed by atoms with E-state index in [1.54, 1.807) is 0 Å². The topological polar surface area (TPSA) is 142 Å². The molecular weight excluding hydrogens is 433 g/mol. The molecule has 0 aliphatic rings. The number of rotatable bonds is 0. The SMILES string of the molecule is [Co+2].[Fe+3].[O-2].[O-2].[O-2].[O-2].[O-2].[Sm+3].[Sr+2]. The summed E-state index contributed by atoms with van der Waals surface area (Å²) in [5.74, 6) is 0. The molecule has 0 atom stereocenters. The molecular formula is CoFeO5SmSr. The van der Waals surface area contributed by atoms with Crippen LogP contribution in [0.25, 0.3) is 0 Å². The van der Waals surface area contributed by atoms with Gasteiger partial charge in [-0.3, -0.25) is 0 Å². The van der Waals surface area contributed by atoms with Crippen molar-refractivity contribution in [3.8, 4) is 0 Å². The molecule has 55 valence electrons. The van der Waals surface area contributed by atoms with Gasteiger partial charge in [-0.15, -0.1) is 0 Å². The minimum Gasteiger partial charge on any atom is -2.00 e. The molecule has 0 aromatic heterocycles. The van der Waals surface area contributed by atoms with Gasteiger partial charge in [0.25, 0.3) is 0 Å². The molecule has 9 heteroatoms. The molecule has 0 saturated heterocycles. The number of hydrogen-bond acceptors (Lipinski definition) is 0. The fraction of sp³-hybridized carbons (Fsp3) is 0. The molecule has 0 aromatic carbocycles. The molecule has 0 heterocycles. The van der Waals surface area contributed by atoms with Crippen molar-refractivity contribution in [2.45, 2.75) is 0 Å². The first-order chi connectivity index (χ1) is 0. The van der Waals surface area contributed by atoms with E-state index in [2.05, 4.69) is 0 Å². The zero-order valence-corrected chi connectivity index (χ0v) is 12.1. The fourth-order valence-electron chi connectivity index (χ4n) is 0. The van der Waals surface area contributed by atoms with Crippen molar-refractivity contribution in [1.29, 1.82) is 0 Å². The van der Waals surface area contributed by atoms with Crippen LogP contribution in [0.15, 0.2) is 0 Å². The Kier molecular flexibility index (Phi) is 1420. The van der Waals surface area contributed by atoms with E-state index in [0.29, 0.717) is 0 Å². The van der Waals surface area contributed by atoms with Gasteiger partial charge in [0, 0.05) is 0 Å². The minimum atomic E-state index is 0. The van der Waals surface area contributed by atoms with Crippen LogP contribution < -0.4 is 0 Å². The molecule has 0 unspecified atom stereocenters. The first-order valence-electron chi connectivity index (χ1n) is 0. The molecule has 5 nitrogen and oxygen atoms in total. The van der Waals surface area contributed by atoms with Crippen LogP contribution in [0.2, 0.25) is 0 Å². The molecule has 0 bridgehead atoms. The Labute approximate surface area is 144 Å². The normalized spacial score (nSPS) is 0. The Morgan fingerprint density at radius 2 is 0.556 bits per heavy atom. The maximum Gasteiger partial charge on any atom is 3.00 e. The monoisotopic (exact) mass is 435 g/mol. The van der Waals surface area contributed by atoms with Gasteiger partial charge in [0.1, 0.15) is 0 Å². The standard InChI is InChI=1S/Co.Fe.5O.Sm.Sr/q+2;+3;5*-2;+3;+2. The third-order valence-corrected chi connectivity index (χ3v) is 0. The van der Waals surface area contributed by atoms with Crippen molar-refractivity contribution in [3.63, 3.8) is 0 Å². The summed E-state index contributed by atoms with van der Waals surface area (Å²) in [4.78, 5) is 0. The van der Waals surface area contributed by atoms with Crippen molar-refractivity contribution in [2.24, 2.45) is 0 Å². The van der Waals surface area contributed by atoms with Crippen LogP contribution in [0.3, 0.4) is 0 Å². The number of hydrogen-bond donors (Lipinski definition) is 0. The van der Waals surface area contributed by atoms with Crippen LogP contribution in [0.1, 0.15) is 0 Å². The Hall–Kier alpha value is 3.64. The summed E-state index contributed by atoms with van der Waals surface area (Å²) in [7, 11) is 0. The van der Waals surface area contributed by atoms with E-state index in [-0.39, 0.29) is 147 Å². The molecule has 0 aromatic rings. The summed E-state index contributed by atoms with van der Waals surface area (Å²) in [5, 5.41) is 0. The molecule has 0 amide bonds. The summed E-state index contributed by atoms with van der Waals surface area (Å²) in [6.07, 6.45) is 0. The van der Waals surface area contributed by atoms with Crippen molar-refractivity contribution in [3.05, 3.63) is 0 Å². The molecule has 0 aliphatic heterocycles. The molecule has 0 aliphatic carbocycles. The zero-order chi connectivity index (χ0) is 0. The summed E-state index contributed by atoms with van der Waals surface area (Å²) in [6.45, 7) is 0. The second-order valence-electron chi connectivity index (χ2n) is 0. The Balaban J connectivity index is 0. The van der Waals surface area contributed by atoms with Crippen LogP contribution in [-0.4, -0.2) is 45.5 Å². The summed E-state index contributed by atoms with van der Waals surface area (Å²) >= 11 is 0. The van der Waals surface area contributed by atoms with E-state index >= 15 is 0 Å². The van der Waals surface area contributed by atoms with Crippen molar-refractivity contribution >= 4 is 45.5 Å². The Morgan fingerprint density at radius 3 is 0.556 bits per heavy atom. The van der Waals surface area contributed by atoms with Gasteiger partial charge in [0.2, 0.25) is 0 Å². The molecule has 0 spiro atoms. The molecule has 3 radical (unpaired) electrons. The average Bonchev–Trinajstić information content (AvgIpc) is 0. The van der Waals surface area contributed by atoms with Gasteiger partial charge in [-0.25, -0.2) is 0 Å². The third kappa shape index (κ3) is 81.6. The predicted molar refractivity (Wildman–Crippen MR) is 9.19 cm³/mol. The van der Waals surface area contributed by atoms with Gasteiger partial charge >= 0.3 is 120 Å². The van der Waals surface area contributed by atoms with E-state index in [0.717, 1.165) is 0 Å². The zero-order valence-electron chi connectivity index (χ0n) is 3.84. The summed E-state index contributed by atoms with van der Waals surface area (Å²) in [5.41, 5.74) is 0. The average molecular weight is 433 g/mol. The van der Waals surface area contributed by atoms with Gasteiger partial charge < -0.3 is 27.4 Å². The van der Waals surface area contributed by atoms with E-state index < -0.39 is 0 Å². The quantitative estimate of drug-likeness (QED) is 0.434. The second-order valence-corrected chi connectivity index (χ2v) is 0. The van der Waals surface area contributed by atoms with E-state index in [4.69, 9.17) is 0 Å². The summed E-state index contributed by atoms with van der Waals surface area (Å²) < 4.78 is 0. The van der Waals surface area contributed by atoms with Crippen LogP contribution in [0, 0.1) is 40.4 Å². The predicted octanol–water partition coefficient (Wildman–Crippen LogP) is -0.980. The molecule has 0 N–H and O–H groups in total. The van der Waals surface area contributed by atoms with E-state index in [1.807, 2.05) is 0 Å². The molecule has 0 saturated carbocycles. The van der Waals surface area contributed by atoms with E-state index in [1.165, 1.54) is 0 Å². The molecule has 0 fully saturated rings. The van der Waals surface area contributed by atoms with Crippen LogP contribution >= 0.6 is 0 Å². The maximum atomic E-state index is 0. The first-order valence-corrected chi connectivity index (χ1v) is 0. The largest absolute Gasteiger partial charge is 3.00 e. The smallest absolute Gasteiger partial charge is 2.00 e. The Morgan fingerprint density at radius 1 is 0.556 bits per heavy atom. The van der Waals surface area contributed by atoms with Gasteiger partial charge in [-0.05, 0) is 0 Å². The van der Waals surface area contributed by atoms with Gasteiger partial charge in [0.15, 0.2) is 0 Å². The Bertz CT molecular complexity index is 16.9. The van der Waals surface area contributed by atoms with Gasteiger partial charge in [-0.2, -0.15) is 0 Å². The van der Waals surface area contributed by atoms with Gasteiger partial charge in [0.05, 0.1) is 0 Å². The van der Waals surface area contributed by atoms with E-state index in [9.17, 15) is 0 Å². The minimum absolute atomic E-state index is 0. The first kappa shape index (κ1) is 129. The van der Waals surface area contributed by atoms with Crippen LogP contribution in [-0.2, 0) is 61.2 Å². The third-order valence-electron chi connectivity index (χ3n) is 0. The van der Waals surface area contributed by atoms with Crippen molar-refractivity contribution < 1.29 is 102 Å². The summed E-state index contributed by atoms with van der Waals surface area (Å²) in [6, 6.07) is 0. The molecule has 9 heavy (non-hydrogen) atoms. The molecule has 0 rings (SSSR count). The fourth-order valence-corrected chi connectivity index (χ4v) is 0. The van der Waals surface area contributed by atoms with Gasteiger partial charge in [-0.1, -0.05) is 0 Å². The second kappa shape index (κ2) is 99.3. The van der Waals surface area contributed by atoms with Crippen LogP contribution in [0.5, 0.6) is 0 Å². The van der Waals surface area contributed by atoms with Crippen molar-refractivity contribution in [2.75, 3.05) is 0 Å². The van der Waals surface area contributed by atoms with Crippen LogP contribution in [0.4, 0.5) is 0 Å². The maximum absolute atomic E-state index is 0. The van der Waals surface area contributed by atoms with Crippen molar-refractivity contribution in [1.82, 2.24) is 0 Å².